The van der Waals surface area contributed by atoms with Crippen molar-refractivity contribution in [2.24, 2.45) is 0 Å². The summed E-state index contributed by atoms with van der Waals surface area (Å²) < 4.78 is 1.98. The van der Waals surface area contributed by atoms with E-state index in [-0.39, 0.29) is 18.0 Å². The monoisotopic (exact) mass is 320 g/mol. The molecule has 1 aromatic rings. The Bertz CT molecular complexity index is 485. The van der Waals surface area contributed by atoms with Crippen molar-refractivity contribution in [1.82, 2.24) is 19.8 Å². The number of aliphatic hydroxyl groups excluding tert-OH is 1. The second-order valence-corrected chi connectivity index (χ2v) is 6.81. The van der Waals surface area contributed by atoms with E-state index in [1.54, 1.807) is 12.5 Å². The number of aliphatic hydroxyl groups is 1. The van der Waals surface area contributed by atoms with Gasteiger partial charge in [0.2, 0.25) is 5.91 Å². The number of rotatable bonds is 6. The Morgan fingerprint density at radius 2 is 2.09 bits per heavy atom. The van der Waals surface area contributed by atoms with Gasteiger partial charge in [-0.3, -0.25) is 9.69 Å². The maximum Gasteiger partial charge on any atom is 0.220 e. The highest BCUT2D eigenvalue weighted by atomic mass is 16.3. The molecule has 1 aliphatic carbocycles. The van der Waals surface area contributed by atoms with E-state index in [9.17, 15) is 9.90 Å². The van der Waals surface area contributed by atoms with Crippen LogP contribution in [-0.2, 0) is 11.3 Å². The molecule has 128 valence electrons. The lowest BCUT2D eigenvalue weighted by atomic mass is 9.87. The number of carbonyl (C=O) groups excluding carboxylic acids is 1. The fourth-order valence-electron chi connectivity index (χ4n) is 3.91. The summed E-state index contributed by atoms with van der Waals surface area (Å²) >= 11 is 0. The standard InChI is InChI=1S/C17H28N4O2/c22-16(7-4-9-20-12-8-18-13-20)19-14-5-3-6-15(17(14)23)21-10-1-2-11-21/h8,12-15,17,23H,1-7,9-11H2,(H,19,22)/t14-,15-,17-/m1/s1. The predicted molar refractivity (Wildman–Crippen MR) is 87.8 cm³/mol. The summed E-state index contributed by atoms with van der Waals surface area (Å²) in [5.74, 6) is 0.0521. The molecule has 2 fully saturated rings. The largest absolute Gasteiger partial charge is 0.389 e. The fraction of sp³-hybridized carbons (Fsp3) is 0.765. The molecular weight excluding hydrogens is 292 g/mol. The molecule has 1 saturated carbocycles. The molecule has 0 unspecified atom stereocenters. The first-order valence-corrected chi connectivity index (χ1v) is 8.91. The zero-order chi connectivity index (χ0) is 16.1. The second kappa shape index (κ2) is 7.93. The van der Waals surface area contributed by atoms with Crippen LogP contribution < -0.4 is 5.32 Å². The smallest absolute Gasteiger partial charge is 0.220 e. The van der Waals surface area contributed by atoms with Gasteiger partial charge in [0.1, 0.15) is 0 Å². The van der Waals surface area contributed by atoms with Crippen LogP contribution in [0.15, 0.2) is 18.7 Å². The summed E-state index contributed by atoms with van der Waals surface area (Å²) in [5.41, 5.74) is 0. The van der Waals surface area contributed by atoms with E-state index in [0.717, 1.165) is 45.3 Å². The SMILES string of the molecule is O=C(CCCn1ccnc1)N[C@@H]1CCC[C@@H](N2CCCC2)[C@@H]1O. The third kappa shape index (κ3) is 4.32. The number of nitrogens with zero attached hydrogens (tertiary/aromatic N) is 3. The minimum absolute atomic E-state index is 0.0521. The van der Waals surface area contributed by atoms with Crippen LogP contribution in [0.25, 0.3) is 0 Å². The molecule has 1 aliphatic heterocycles. The molecule has 0 aromatic carbocycles. The van der Waals surface area contributed by atoms with Crippen molar-refractivity contribution in [3.05, 3.63) is 18.7 Å². The van der Waals surface area contributed by atoms with Gasteiger partial charge >= 0.3 is 0 Å². The zero-order valence-electron chi connectivity index (χ0n) is 13.7. The Balaban J connectivity index is 1.43. The van der Waals surface area contributed by atoms with E-state index >= 15 is 0 Å². The van der Waals surface area contributed by atoms with Gasteiger partial charge in [-0.15, -0.1) is 0 Å². The number of nitrogens with one attached hydrogen (secondary N) is 1. The van der Waals surface area contributed by atoms with Gasteiger partial charge in [-0.2, -0.15) is 0 Å². The van der Waals surface area contributed by atoms with Crippen molar-refractivity contribution in [3.8, 4) is 0 Å². The second-order valence-electron chi connectivity index (χ2n) is 6.81. The molecule has 2 heterocycles. The molecule has 3 rings (SSSR count). The molecule has 6 nitrogen and oxygen atoms in total. The number of aryl methyl sites for hydroxylation is 1. The highest BCUT2D eigenvalue weighted by Crippen LogP contribution is 2.26. The average molecular weight is 320 g/mol. The molecule has 2 aliphatic rings. The number of hydrogen-bond donors (Lipinski definition) is 2. The molecule has 23 heavy (non-hydrogen) atoms. The van der Waals surface area contributed by atoms with Crippen molar-refractivity contribution < 1.29 is 9.90 Å². The van der Waals surface area contributed by atoms with Gasteiger partial charge in [0.05, 0.1) is 18.5 Å². The Labute approximate surface area is 137 Å². The Kier molecular flexibility index (Phi) is 5.67. The van der Waals surface area contributed by atoms with Crippen molar-refractivity contribution >= 4 is 5.91 Å². The highest BCUT2D eigenvalue weighted by Gasteiger charge is 2.36. The van der Waals surface area contributed by atoms with Gasteiger partial charge < -0.3 is 15.0 Å². The topological polar surface area (TPSA) is 70.4 Å². The molecule has 1 saturated heterocycles. The van der Waals surface area contributed by atoms with E-state index in [4.69, 9.17) is 0 Å². The minimum atomic E-state index is -0.431. The van der Waals surface area contributed by atoms with Crippen molar-refractivity contribution in [2.45, 2.75) is 69.7 Å². The number of amides is 1. The number of carbonyl (C=O) groups is 1. The van der Waals surface area contributed by atoms with Gasteiger partial charge in [-0.1, -0.05) is 0 Å². The number of hydrogen-bond acceptors (Lipinski definition) is 4. The summed E-state index contributed by atoms with van der Waals surface area (Å²) in [6.45, 7) is 2.98. The molecule has 0 radical (unpaired) electrons. The third-order valence-electron chi connectivity index (χ3n) is 5.16. The number of imidazole rings is 1. The molecule has 3 atom stereocenters. The van der Waals surface area contributed by atoms with Crippen LogP contribution in [0.3, 0.4) is 0 Å². The quantitative estimate of drug-likeness (QED) is 0.825. The van der Waals surface area contributed by atoms with E-state index in [1.165, 1.54) is 12.8 Å². The third-order valence-corrected chi connectivity index (χ3v) is 5.16. The van der Waals surface area contributed by atoms with Crippen molar-refractivity contribution in [2.75, 3.05) is 13.1 Å². The van der Waals surface area contributed by atoms with Crippen LogP contribution in [0.2, 0.25) is 0 Å². The molecular formula is C17H28N4O2. The predicted octanol–water partition coefficient (Wildman–Crippen LogP) is 1.16. The molecule has 0 spiro atoms. The number of aromatic nitrogens is 2. The van der Waals surface area contributed by atoms with Gasteiger partial charge in [-0.05, 0) is 51.6 Å². The molecule has 2 N–H and O–H groups in total. The van der Waals surface area contributed by atoms with Crippen molar-refractivity contribution in [1.29, 1.82) is 0 Å². The first kappa shape index (κ1) is 16.5. The molecule has 1 aromatic heterocycles. The van der Waals surface area contributed by atoms with Gasteiger partial charge in [0.15, 0.2) is 0 Å². The van der Waals surface area contributed by atoms with Crippen LogP contribution in [0.1, 0.15) is 44.9 Å². The van der Waals surface area contributed by atoms with Crippen LogP contribution in [-0.4, -0.2) is 56.7 Å². The van der Waals surface area contributed by atoms with E-state index < -0.39 is 6.10 Å². The normalized spacial score (nSPS) is 28.8. The summed E-state index contributed by atoms with van der Waals surface area (Å²) in [4.78, 5) is 18.6. The minimum Gasteiger partial charge on any atom is -0.389 e. The van der Waals surface area contributed by atoms with E-state index in [0.29, 0.717) is 6.42 Å². The maximum atomic E-state index is 12.2. The highest BCUT2D eigenvalue weighted by molar-refractivity contribution is 5.76. The van der Waals surface area contributed by atoms with Crippen LogP contribution >= 0.6 is 0 Å². The summed E-state index contributed by atoms with van der Waals surface area (Å²) in [6.07, 6.45) is 11.8. The van der Waals surface area contributed by atoms with Gasteiger partial charge in [0, 0.05) is 31.4 Å². The Hall–Kier alpha value is -1.40. The average Bonchev–Trinajstić information content (AvgIpc) is 3.22. The first-order valence-electron chi connectivity index (χ1n) is 8.91. The summed E-state index contributed by atoms with van der Waals surface area (Å²) in [5, 5.41) is 13.7. The Morgan fingerprint density at radius 1 is 1.26 bits per heavy atom. The van der Waals surface area contributed by atoms with Gasteiger partial charge in [0.25, 0.3) is 0 Å². The Morgan fingerprint density at radius 3 is 2.83 bits per heavy atom. The van der Waals surface area contributed by atoms with Crippen molar-refractivity contribution in [3.63, 3.8) is 0 Å². The van der Waals surface area contributed by atoms with Gasteiger partial charge in [-0.25, -0.2) is 4.98 Å². The van der Waals surface area contributed by atoms with Crippen LogP contribution in [0, 0.1) is 0 Å². The van der Waals surface area contributed by atoms with Crippen LogP contribution in [0.5, 0.6) is 0 Å². The summed E-state index contributed by atoms with van der Waals surface area (Å²) in [6, 6.07) is 0.137. The molecule has 1 amide bonds. The zero-order valence-corrected chi connectivity index (χ0v) is 13.7. The van der Waals surface area contributed by atoms with E-state index in [2.05, 4.69) is 15.2 Å². The van der Waals surface area contributed by atoms with Crippen LogP contribution in [0.4, 0.5) is 0 Å². The molecule has 0 bridgehead atoms. The lowest BCUT2D eigenvalue weighted by molar-refractivity contribution is -0.123. The number of likely N-dealkylation sites (tertiary alicyclic amines) is 1. The summed E-state index contributed by atoms with van der Waals surface area (Å²) in [7, 11) is 0. The maximum absolute atomic E-state index is 12.2. The van der Waals surface area contributed by atoms with E-state index in [1.807, 2.05) is 10.8 Å². The lowest BCUT2D eigenvalue weighted by Gasteiger charge is -2.40. The molecule has 6 heteroatoms. The lowest BCUT2D eigenvalue weighted by Crippen LogP contribution is -2.56. The first-order chi connectivity index (χ1) is 11.2. The fourth-order valence-corrected chi connectivity index (χ4v) is 3.91.